The summed E-state index contributed by atoms with van der Waals surface area (Å²) in [5.74, 6) is 2.92. The van der Waals surface area contributed by atoms with E-state index in [1.165, 1.54) is 0 Å². The maximum absolute atomic E-state index is 12.5. The average molecular weight is 379 g/mol. The van der Waals surface area contributed by atoms with Gasteiger partial charge in [-0.2, -0.15) is 4.98 Å². The van der Waals surface area contributed by atoms with Gasteiger partial charge >= 0.3 is 0 Å². The van der Waals surface area contributed by atoms with Gasteiger partial charge in [-0.1, -0.05) is 5.16 Å². The lowest BCUT2D eigenvalue weighted by Crippen LogP contribution is -2.24. The first-order valence-corrected chi connectivity index (χ1v) is 8.89. The number of benzene rings is 2. The normalized spacial score (nSPS) is 18.0. The van der Waals surface area contributed by atoms with Gasteiger partial charge in [-0.3, -0.25) is 4.79 Å². The minimum Gasteiger partial charge on any atom is -0.497 e. The molecule has 0 aliphatic carbocycles. The van der Waals surface area contributed by atoms with Crippen LogP contribution in [0.25, 0.3) is 11.5 Å². The summed E-state index contributed by atoms with van der Waals surface area (Å²) in [7, 11) is 1.61. The number of amides is 1. The smallest absolute Gasteiger partial charge is 0.258 e. The zero-order valence-electron chi connectivity index (χ0n) is 15.1. The molecule has 0 unspecified atom stereocenters. The molecular weight excluding hydrogens is 362 g/mol. The fourth-order valence-corrected chi connectivity index (χ4v) is 3.44. The van der Waals surface area contributed by atoms with Gasteiger partial charge in [0.1, 0.15) is 5.75 Å². The second kappa shape index (κ2) is 6.56. The van der Waals surface area contributed by atoms with E-state index in [0.29, 0.717) is 36.2 Å². The molecule has 2 aliphatic rings. The number of hydrogen-bond donors (Lipinski definition) is 0. The first-order valence-electron chi connectivity index (χ1n) is 8.89. The summed E-state index contributed by atoms with van der Waals surface area (Å²) in [6.07, 6.45) is 0.339. The van der Waals surface area contributed by atoms with Crippen LogP contribution in [0.2, 0.25) is 0 Å². The van der Waals surface area contributed by atoms with Gasteiger partial charge in [0.05, 0.1) is 7.11 Å². The third kappa shape index (κ3) is 2.83. The Morgan fingerprint density at radius 3 is 2.75 bits per heavy atom. The predicted molar refractivity (Wildman–Crippen MR) is 98.6 cm³/mol. The maximum atomic E-state index is 12.5. The number of aromatic nitrogens is 2. The van der Waals surface area contributed by atoms with Gasteiger partial charge in [-0.05, 0) is 42.5 Å². The van der Waals surface area contributed by atoms with Gasteiger partial charge < -0.3 is 23.6 Å². The number of nitrogens with zero attached hydrogens (tertiary/aromatic N) is 3. The van der Waals surface area contributed by atoms with E-state index >= 15 is 0 Å². The molecule has 1 atom stereocenters. The summed E-state index contributed by atoms with van der Waals surface area (Å²) in [5.41, 5.74) is 1.58. The van der Waals surface area contributed by atoms with E-state index < -0.39 is 0 Å². The van der Waals surface area contributed by atoms with Gasteiger partial charge in [0, 0.05) is 30.1 Å². The molecule has 2 aliphatic heterocycles. The van der Waals surface area contributed by atoms with Crippen molar-refractivity contribution in [2.75, 3.05) is 25.3 Å². The van der Waals surface area contributed by atoms with Crippen LogP contribution in [0.15, 0.2) is 47.0 Å². The van der Waals surface area contributed by atoms with Crippen LogP contribution in [-0.4, -0.2) is 36.5 Å². The first-order chi connectivity index (χ1) is 13.7. The molecule has 0 bridgehead atoms. The van der Waals surface area contributed by atoms with Crippen LogP contribution < -0.4 is 19.1 Å². The average Bonchev–Trinajstić information content (AvgIpc) is 3.46. The highest BCUT2D eigenvalue weighted by atomic mass is 16.7. The van der Waals surface area contributed by atoms with Gasteiger partial charge in [-0.15, -0.1) is 0 Å². The standard InChI is InChI=1S/C20H17N3O5/c1-25-15-5-3-14(4-6-15)23-10-13(9-18(23)24)19-21-20(28-22-19)12-2-7-16-17(8-12)27-11-26-16/h2-8,13H,9-11H2,1H3/t13-/m1/s1. The van der Waals surface area contributed by atoms with Gasteiger partial charge in [0.25, 0.3) is 5.89 Å². The molecule has 1 amide bonds. The number of carbonyl (C=O) groups excluding carboxylic acids is 1. The van der Waals surface area contributed by atoms with Crippen molar-refractivity contribution in [2.24, 2.45) is 0 Å². The highest BCUT2D eigenvalue weighted by Crippen LogP contribution is 2.36. The summed E-state index contributed by atoms with van der Waals surface area (Å²) >= 11 is 0. The van der Waals surface area contributed by atoms with Crippen molar-refractivity contribution >= 4 is 11.6 Å². The summed E-state index contributed by atoms with van der Waals surface area (Å²) in [6, 6.07) is 12.9. The Balaban J connectivity index is 1.35. The van der Waals surface area contributed by atoms with Crippen LogP contribution in [0.4, 0.5) is 5.69 Å². The van der Waals surface area contributed by atoms with Crippen LogP contribution in [0.3, 0.4) is 0 Å². The van der Waals surface area contributed by atoms with Crippen molar-refractivity contribution in [3.8, 4) is 28.7 Å². The minimum absolute atomic E-state index is 0.0320. The molecule has 3 aromatic rings. The fraction of sp³-hybridized carbons (Fsp3) is 0.250. The Labute approximate surface area is 160 Å². The van der Waals surface area contributed by atoms with E-state index in [4.69, 9.17) is 18.7 Å². The van der Waals surface area contributed by atoms with E-state index in [1.54, 1.807) is 12.0 Å². The number of anilines is 1. The lowest BCUT2D eigenvalue weighted by atomic mass is 10.1. The summed E-state index contributed by atoms with van der Waals surface area (Å²) in [6.45, 7) is 0.713. The van der Waals surface area contributed by atoms with Crippen molar-refractivity contribution < 1.29 is 23.5 Å². The van der Waals surface area contributed by atoms with Crippen LogP contribution in [0, 0.1) is 0 Å². The van der Waals surface area contributed by atoms with Crippen molar-refractivity contribution in [2.45, 2.75) is 12.3 Å². The van der Waals surface area contributed by atoms with Crippen molar-refractivity contribution in [3.63, 3.8) is 0 Å². The molecule has 28 heavy (non-hydrogen) atoms. The SMILES string of the molecule is COc1ccc(N2C[C@H](c3noc(-c4ccc5c(c4)OCO5)n3)CC2=O)cc1. The number of ether oxygens (including phenoxy) is 3. The predicted octanol–water partition coefficient (Wildman–Crippen LogP) is 2.99. The topological polar surface area (TPSA) is 86.9 Å². The zero-order valence-corrected chi connectivity index (χ0v) is 15.1. The molecular formula is C20H17N3O5. The van der Waals surface area contributed by atoms with Gasteiger partial charge in [0.15, 0.2) is 17.3 Å². The molecule has 0 spiro atoms. The van der Waals surface area contributed by atoms with Crippen LogP contribution in [-0.2, 0) is 4.79 Å². The number of carbonyl (C=O) groups is 1. The van der Waals surface area contributed by atoms with E-state index in [0.717, 1.165) is 17.0 Å². The highest BCUT2D eigenvalue weighted by molar-refractivity contribution is 5.96. The molecule has 8 heteroatoms. The second-order valence-electron chi connectivity index (χ2n) is 6.63. The Bertz CT molecular complexity index is 1030. The molecule has 2 aromatic carbocycles. The molecule has 8 nitrogen and oxygen atoms in total. The first kappa shape index (κ1) is 16.6. The largest absolute Gasteiger partial charge is 0.497 e. The van der Waals surface area contributed by atoms with Crippen LogP contribution in [0.5, 0.6) is 17.2 Å². The lowest BCUT2D eigenvalue weighted by Gasteiger charge is -2.16. The molecule has 5 rings (SSSR count). The summed E-state index contributed by atoms with van der Waals surface area (Å²) in [5, 5.41) is 4.10. The second-order valence-corrected chi connectivity index (χ2v) is 6.63. The van der Waals surface area contributed by atoms with Crippen molar-refractivity contribution in [3.05, 3.63) is 48.3 Å². The minimum atomic E-state index is -0.124. The molecule has 3 heterocycles. The molecule has 1 fully saturated rings. The van der Waals surface area contributed by atoms with Crippen molar-refractivity contribution in [1.82, 2.24) is 10.1 Å². The van der Waals surface area contributed by atoms with E-state index in [-0.39, 0.29) is 18.6 Å². The Hall–Kier alpha value is -3.55. The van der Waals surface area contributed by atoms with E-state index in [1.807, 2.05) is 42.5 Å². The molecule has 0 N–H and O–H groups in total. The van der Waals surface area contributed by atoms with Crippen LogP contribution >= 0.6 is 0 Å². The molecule has 0 radical (unpaired) electrons. The number of hydrogen-bond acceptors (Lipinski definition) is 7. The molecule has 1 aromatic heterocycles. The lowest BCUT2D eigenvalue weighted by molar-refractivity contribution is -0.117. The summed E-state index contributed by atoms with van der Waals surface area (Å²) < 4.78 is 21.3. The Morgan fingerprint density at radius 1 is 1.11 bits per heavy atom. The third-order valence-electron chi connectivity index (χ3n) is 4.94. The molecule has 142 valence electrons. The number of fused-ring (bicyclic) bond motifs is 1. The van der Waals surface area contributed by atoms with Gasteiger partial charge in [0.2, 0.25) is 12.7 Å². The van der Waals surface area contributed by atoms with Gasteiger partial charge in [-0.25, -0.2) is 0 Å². The van der Waals surface area contributed by atoms with E-state index in [9.17, 15) is 4.79 Å². The maximum Gasteiger partial charge on any atom is 0.258 e. The quantitative estimate of drug-likeness (QED) is 0.689. The molecule has 0 saturated carbocycles. The molecule has 1 saturated heterocycles. The third-order valence-corrected chi connectivity index (χ3v) is 4.94. The monoisotopic (exact) mass is 379 g/mol. The Morgan fingerprint density at radius 2 is 1.93 bits per heavy atom. The fourth-order valence-electron chi connectivity index (χ4n) is 3.44. The number of rotatable bonds is 4. The van der Waals surface area contributed by atoms with Crippen molar-refractivity contribution in [1.29, 1.82) is 0 Å². The number of methoxy groups -OCH3 is 1. The zero-order chi connectivity index (χ0) is 19.1. The van der Waals surface area contributed by atoms with Crippen LogP contribution in [0.1, 0.15) is 18.2 Å². The highest BCUT2D eigenvalue weighted by Gasteiger charge is 2.34. The van der Waals surface area contributed by atoms with E-state index in [2.05, 4.69) is 10.1 Å². The summed E-state index contributed by atoms with van der Waals surface area (Å²) in [4.78, 5) is 18.7. The Kier molecular flexibility index (Phi) is 3.89.